The predicted molar refractivity (Wildman–Crippen MR) is 97.3 cm³/mol. The second-order valence-electron chi connectivity index (χ2n) is 5.39. The Hall–Kier alpha value is -3.32. The summed E-state index contributed by atoms with van der Waals surface area (Å²) in [6, 6.07) is 13.9. The molecule has 0 atom stereocenters. The van der Waals surface area contributed by atoms with E-state index in [2.05, 4.69) is 20.6 Å². The molecule has 1 aliphatic heterocycles. The predicted octanol–water partition coefficient (Wildman–Crippen LogP) is 3.85. The van der Waals surface area contributed by atoms with Crippen LogP contribution in [0.15, 0.2) is 54.7 Å². The van der Waals surface area contributed by atoms with Crippen LogP contribution >= 0.6 is 11.6 Å². The monoisotopic (exact) mass is 368 g/mol. The third-order valence-corrected chi connectivity index (χ3v) is 3.97. The van der Waals surface area contributed by atoms with Crippen LogP contribution in [0.4, 0.5) is 17.3 Å². The van der Waals surface area contributed by atoms with Crippen LogP contribution in [0.1, 0.15) is 10.5 Å². The highest BCUT2D eigenvalue weighted by Gasteiger charge is 2.15. The Morgan fingerprint density at radius 1 is 1.08 bits per heavy atom. The maximum absolute atomic E-state index is 12.5. The Morgan fingerprint density at radius 2 is 1.92 bits per heavy atom. The van der Waals surface area contributed by atoms with Crippen molar-refractivity contribution >= 4 is 34.8 Å². The van der Waals surface area contributed by atoms with Crippen molar-refractivity contribution in [3.8, 4) is 11.5 Å². The number of nitrogens with one attached hydrogen (secondary N) is 2. The second kappa shape index (κ2) is 6.89. The van der Waals surface area contributed by atoms with Gasteiger partial charge in [-0.1, -0.05) is 23.7 Å². The molecule has 0 saturated carbocycles. The van der Waals surface area contributed by atoms with Crippen LogP contribution in [0, 0.1) is 0 Å². The van der Waals surface area contributed by atoms with Crippen LogP contribution in [0.2, 0.25) is 5.02 Å². The lowest BCUT2D eigenvalue weighted by Crippen LogP contribution is -2.14. The van der Waals surface area contributed by atoms with Crippen molar-refractivity contribution in [3.05, 3.63) is 65.4 Å². The van der Waals surface area contributed by atoms with E-state index < -0.39 is 0 Å². The van der Waals surface area contributed by atoms with E-state index in [0.29, 0.717) is 27.9 Å². The minimum atomic E-state index is -0.367. The van der Waals surface area contributed by atoms with Crippen LogP contribution in [-0.2, 0) is 0 Å². The highest BCUT2D eigenvalue weighted by molar-refractivity contribution is 6.33. The number of aromatic nitrogens is 2. The zero-order valence-corrected chi connectivity index (χ0v) is 14.2. The van der Waals surface area contributed by atoms with Gasteiger partial charge in [0, 0.05) is 18.0 Å². The van der Waals surface area contributed by atoms with Gasteiger partial charge in [-0.05, 0) is 30.3 Å². The first-order valence-electron chi connectivity index (χ1n) is 7.75. The van der Waals surface area contributed by atoms with Crippen molar-refractivity contribution in [2.45, 2.75) is 0 Å². The topological polar surface area (TPSA) is 85.4 Å². The first-order chi connectivity index (χ1) is 12.7. The van der Waals surface area contributed by atoms with Gasteiger partial charge in [0.1, 0.15) is 5.69 Å². The summed E-state index contributed by atoms with van der Waals surface area (Å²) < 4.78 is 10.6. The lowest BCUT2D eigenvalue weighted by molar-refractivity contribution is 0.102. The van der Waals surface area contributed by atoms with Crippen molar-refractivity contribution in [1.82, 2.24) is 9.97 Å². The minimum Gasteiger partial charge on any atom is -0.454 e. The molecule has 130 valence electrons. The number of hydrogen-bond donors (Lipinski definition) is 2. The number of rotatable bonds is 4. The van der Waals surface area contributed by atoms with Gasteiger partial charge in [0.05, 0.1) is 10.7 Å². The third kappa shape index (κ3) is 3.38. The Balaban J connectivity index is 1.51. The maximum atomic E-state index is 12.5. The van der Waals surface area contributed by atoms with Crippen molar-refractivity contribution in [3.63, 3.8) is 0 Å². The SMILES string of the molecule is O=C(Nc1ccc2c(c1)OCO2)c1ccnc(Nc2ccccc2Cl)n1. The van der Waals surface area contributed by atoms with Crippen LogP contribution in [0.5, 0.6) is 11.5 Å². The Bertz CT molecular complexity index is 980. The molecule has 7 nitrogen and oxygen atoms in total. The Kier molecular flexibility index (Phi) is 4.28. The molecule has 0 bridgehead atoms. The molecule has 0 saturated heterocycles. The molecule has 26 heavy (non-hydrogen) atoms. The van der Waals surface area contributed by atoms with Crippen molar-refractivity contribution in [2.75, 3.05) is 17.4 Å². The van der Waals surface area contributed by atoms with Gasteiger partial charge in [-0.25, -0.2) is 9.97 Å². The summed E-state index contributed by atoms with van der Waals surface area (Å²) in [6.45, 7) is 0.176. The number of carbonyl (C=O) groups is 1. The first-order valence-corrected chi connectivity index (χ1v) is 8.12. The highest BCUT2D eigenvalue weighted by atomic mass is 35.5. The summed E-state index contributed by atoms with van der Waals surface area (Å²) in [7, 11) is 0. The average Bonchev–Trinajstić information content (AvgIpc) is 3.12. The molecule has 2 N–H and O–H groups in total. The number of nitrogens with zero attached hydrogens (tertiary/aromatic N) is 2. The van der Waals surface area contributed by atoms with E-state index in [-0.39, 0.29) is 24.3 Å². The minimum absolute atomic E-state index is 0.176. The number of hydrogen-bond acceptors (Lipinski definition) is 6. The van der Waals surface area contributed by atoms with Crippen LogP contribution in [-0.4, -0.2) is 22.7 Å². The van der Waals surface area contributed by atoms with E-state index in [0.717, 1.165) is 0 Å². The number of ether oxygens (including phenoxy) is 2. The van der Waals surface area contributed by atoms with Crippen molar-refractivity contribution < 1.29 is 14.3 Å². The normalized spacial score (nSPS) is 11.9. The molecular weight excluding hydrogens is 356 g/mol. The molecule has 0 unspecified atom stereocenters. The van der Waals surface area contributed by atoms with Gasteiger partial charge in [-0.2, -0.15) is 0 Å². The van der Waals surface area contributed by atoms with Crippen LogP contribution in [0.25, 0.3) is 0 Å². The first kappa shape index (κ1) is 16.2. The molecule has 3 aromatic rings. The number of anilines is 3. The number of amides is 1. The number of para-hydroxylation sites is 1. The van der Waals surface area contributed by atoms with E-state index in [9.17, 15) is 4.79 Å². The van der Waals surface area contributed by atoms with Gasteiger partial charge in [0.15, 0.2) is 11.5 Å². The standard InChI is InChI=1S/C18H13ClN4O3/c19-12-3-1-2-4-13(12)22-18-20-8-7-14(23-18)17(24)21-11-5-6-15-16(9-11)26-10-25-15/h1-9H,10H2,(H,21,24)(H,20,22,23). The second-order valence-corrected chi connectivity index (χ2v) is 5.80. The summed E-state index contributed by atoms with van der Waals surface area (Å²) in [6.07, 6.45) is 1.50. The number of halogens is 1. The van der Waals surface area contributed by atoms with E-state index >= 15 is 0 Å². The van der Waals surface area contributed by atoms with Gasteiger partial charge < -0.3 is 20.1 Å². The number of fused-ring (bicyclic) bond motifs is 1. The number of benzene rings is 2. The lowest BCUT2D eigenvalue weighted by atomic mass is 10.2. The molecule has 0 aliphatic carbocycles. The molecule has 0 fully saturated rings. The fourth-order valence-corrected chi connectivity index (χ4v) is 2.58. The van der Waals surface area contributed by atoms with Gasteiger partial charge in [0.25, 0.3) is 5.91 Å². The average molecular weight is 369 g/mol. The molecule has 2 heterocycles. The highest BCUT2D eigenvalue weighted by Crippen LogP contribution is 2.34. The summed E-state index contributed by atoms with van der Waals surface area (Å²) in [5.41, 5.74) is 1.45. The van der Waals surface area contributed by atoms with Crippen LogP contribution < -0.4 is 20.1 Å². The van der Waals surface area contributed by atoms with E-state index in [1.54, 1.807) is 30.3 Å². The smallest absolute Gasteiger partial charge is 0.274 e. The largest absolute Gasteiger partial charge is 0.454 e. The van der Waals surface area contributed by atoms with E-state index in [1.165, 1.54) is 12.3 Å². The zero-order valence-electron chi connectivity index (χ0n) is 13.4. The zero-order chi connectivity index (χ0) is 17.9. The molecule has 2 aromatic carbocycles. The van der Waals surface area contributed by atoms with Gasteiger partial charge in [-0.15, -0.1) is 0 Å². The fourth-order valence-electron chi connectivity index (χ4n) is 2.40. The van der Waals surface area contributed by atoms with Crippen LogP contribution in [0.3, 0.4) is 0 Å². The Morgan fingerprint density at radius 3 is 2.81 bits per heavy atom. The van der Waals surface area contributed by atoms with Crippen molar-refractivity contribution in [1.29, 1.82) is 0 Å². The molecule has 1 aromatic heterocycles. The summed E-state index contributed by atoms with van der Waals surface area (Å²) in [5, 5.41) is 6.30. The molecule has 4 rings (SSSR count). The third-order valence-electron chi connectivity index (χ3n) is 3.64. The number of carbonyl (C=O) groups excluding carboxylic acids is 1. The summed E-state index contributed by atoms with van der Waals surface area (Å²) >= 11 is 6.11. The summed E-state index contributed by atoms with van der Waals surface area (Å²) in [4.78, 5) is 20.8. The molecule has 0 radical (unpaired) electrons. The van der Waals surface area contributed by atoms with E-state index in [1.807, 2.05) is 12.1 Å². The molecule has 1 aliphatic rings. The summed E-state index contributed by atoms with van der Waals surface area (Å²) in [5.74, 6) is 1.15. The van der Waals surface area contributed by atoms with Gasteiger partial charge in [-0.3, -0.25) is 4.79 Å². The molecular formula is C18H13ClN4O3. The van der Waals surface area contributed by atoms with Gasteiger partial charge >= 0.3 is 0 Å². The van der Waals surface area contributed by atoms with Gasteiger partial charge in [0.2, 0.25) is 12.7 Å². The molecule has 1 amide bonds. The van der Waals surface area contributed by atoms with E-state index in [4.69, 9.17) is 21.1 Å². The molecule has 8 heteroatoms. The maximum Gasteiger partial charge on any atom is 0.274 e. The lowest BCUT2D eigenvalue weighted by Gasteiger charge is -2.09. The van der Waals surface area contributed by atoms with Crippen molar-refractivity contribution in [2.24, 2.45) is 0 Å². The fraction of sp³-hybridized carbons (Fsp3) is 0.0556. The molecule has 0 spiro atoms. The Labute approximate surface area is 154 Å². The quantitative estimate of drug-likeness (QED) is 0.727.